The molecule has 1 aromatic carbocycles. The number of nitrogens with one attached hydrogen (secondary N) is 1. The van der Waals surface area contributed by atoms with E-state index in [9.17, 15) is 0 Å². The van der Waals surface area contributed by atoms with E-state index in [0.29, 0.717) is 23.3 Å². The molecule has 0 radical (unpaired) electrons. The van der Waals surface area contributed by atoms with Gasteiger partial charge in [0, 0.05) is 0 Å². The van der Waals surface area contributed by atoms with E-state index in [-0.39, 0.29) is 0 Å². The molecular weight excluding hydrogens is 168 g/mol. The molecular formula is C9H6N2O2. The molecule has 3 rings (SSSR count). The highest BCUT2D eigenvalue weighted by molar-refractivity contribution is 5.49. The highest BCUT2D eigenvalue weighted by Crippen LogP contribution is 2.42. The summed E-state index contributed by atoms with van der Waals surface area (Å²) in [5.74, 6) is 2.44. The van der Waals surface area contributed by atoms with Crippen molar-refractivity contribution >= 4 is 0 Å². The van der Waals surface area contributed by atoms with Crippen molar-refractivity contribution in [2.24, 2.45) is 0 Å². The zero-order valence-electron chi connectivity index (χ0n) is 6.65. The SMILES string of the molecule is c1ccc2c(c1)Oc1nc[nH]c1O2. The molecule has 0 saturated heterocycles. The van der Waals surface area contributed by atoms with Crippen molar-refractivity contribution < 1.29 is 9.47 Å². The van der Waals surface area contributed by atoms with Crippen LogP contribution in [-0.4, -0.2) is 9.97 Å². The molecule has 4 nitrogen and oxygen atoms in total. The molecule has 0 unspecified atom stereocenters. The number of para-hydroxylation sites is 2. The predicted molar refractivity (Wildman–Crippen MR) is 45.2 cm³/mol. The van der Waals surface area contributed by atoms with Gasteiger partial charge in [-0.15, -0.1) is 0 Å². The van der Waals surface area contributed by atoms with E-state index in [1.807, 2.05) is 24.3 Å². The summed E-state index contributed by atoms with van der Waals surface area (Å²) in [6.45, 7) is 0. The number of fused-ring (bicyclic) bond motifs is 2. The van der Waals surface area contributed by atoms with Gasteiger partial charge in [0.2, 0.25) is 0 Å². The number of nitrogens with zero attached hydrogens (tertiary/aromatic N) is 1. The summed E-state index contributed by atoms with van der Waals surface area (Å²) in [5, 5.41) is 0. The van der Waals surface area contributed by atoms with Crippen LogP contribution in [0.3, 0.4) is 0 Å². The van der Waals surface area contributed by atoms with Gasteiger partial charge in [-0.1, -0.05) is 12.1 Å². The van der Waals surface area contributed by atoms with Gasteiger partial charge in [0.15, 0.2) is 11.5 Å². The van der Waals surface area contributed by atoms with Gasteiger partial charge >= 0.3 is 0 Å². The number of H-pyrrole nitrogens is 1. The molecule has 64 valence electrons. The van der Waals surface area contributed by atoms with E-state index >= 15 is 0 Å². The van der Waals surface area contributed by atoms with Crippen LogP contribution in [0.25, 0.3) is 0 Å². The molecule has 0 aliphatic carbocycles. The van der Waals surface area contributed by atoms with E-state index in [0.717, 1.165) is 0 Å². The fraction of sp³-hybridized carbons (Fsp3) is 0. The average molecular weight is 174 g/mol. The molecule has 1 aliphatic rings. The fourth-order valence-electron chi connectivity index (χ4n) is 1.25. The maximum Gasteiger partial charge on any atom is 0.283 e. The van der Waals surface area contributed by atoms with Crippen LogP contribution < -0.4 is 9.47 Å². The molecule has 0 spiro atoms. The van der Waals surface area contributed by atoms with E-state index < -0.39 is 0 Å². The lowest BCUT2D eigenvalue weighted by Gasteiger charge is -2.15. The first-order valence-electron chi connectivity index (χ1n) is 3.91. The first kappa shape index (κ1) is 6.54. The summed E-state index contributed by atoms with van der Waals surface area (Å²) in [5.41, 5.74) is 0. The molecule has 0 saturated carbocycles. The molecule has 13 heavy (non-hydrogen) atoms. The molecule has 2 heterocycles. The summed E-state index contributed by atoms with van der Waals surface area (Å²) >= 11 is 0. The van der Waals surface area contributed by atoms with Gasteiger partial charge in [-0.3, -0.25) is 0 Å². The van der Waals surface area contributed by atoms with Gasteiger partial charge in [0.1, 0.15) is 0 Å². The van der Waals surface area contributed by atoms with Crippen LogP contribution in [0.5, 0.6) is 23.3 Å². The third-order valence-corrected chi connectivity index (χ3v) is 1.84. The summed E-state index contributed by atoms with van der Waals surface area (Å²) in [7, 11) is 0. The number of benzene rings is 1. The topological polar surface area (TPSA) is 47.1 Å². The van der Waals surface area contributed by atoms with Crippen molar-refractivity contribution in [2.45, 2.75) is 0 Å². The Morgan fingerprint density at radius 3 is 2.69 bits per heavy atom. The van der Waals surface area contributed by atoms with E-state index in [4.69, 9.17) is 9.47 Å². The third-order valence-electron chi connectivity index (χ3n) is 1.84. The van der Waals surface area contributed by atoms with Crippen LogP contribution >= 0.6 is 0 Å². The zero-order chi connectivity index (χ0) is 8.67. The van der Waals surface area contributed by atoms with Crippen LogP contribution in [0.1, 0.15) is 0 Å². The second-order valence-corrected chi connectivity index (χ2v) is 2.69. The molecule has 0 amide bonds. The predicted octanol–water partition coefficient (Wildman–Crippen LogP) is 2.31. The van der Waals surface area contributed by atoms with E-state index in [1.54, 1.807) is 0 Å². The van der Waals surface area contributed by atoms with E-state index in [2.05, 4.69) is 9.97 Å². The van der Waals surface area contributed by atoms with Crippen molar-refractivity contribution in [2.75, 3.05) is 0 Å². The Kier molecular flexibility index (Phi) is 1.14. The maximum atomic E-state index is 5.47. The van der Waals surface area contributed by atoms with Crippen LogP contribution in [0.15, 0.2) is 30.6 Å². The van der Waals surface area contributed by atoms with Crippen LogP contribution in [-0.2, 0) is 0 Å². The summed E-state index contributed by atoms with van der Waals surface area (Å²) < 4.78 is 10.9. The Morgan fingerprint density at radius 1 is 1.08 bits per heavy atom. The van der Waals surface area contributed by atoms with Gasteiger partial charge in [0.05, 0.1) is 6.33 Å². The minimum absolute atomic E-state index is 0.485. The lowest BCUT2D eigenvalue weighted by atomic mass is 10.3. The van der Waals surface area contributed by atoms with Crippen molar-refractivity contribution in [3.63, 3.8) is 0 Å². The van der Waals surface area contributed by atoms with Crippen LogP contribution in [0.2, 0.25) is 0 Å². The minimum Gasteiger partial charge on any atom is -0.432 e. The Morgan fingerprint density at radius 2 is 1.85 bits per heavy atom. The standard InChI is InChI=1S/C9H6N2O2/c1-2-4-7-6(3-1)12-8-9(13-7)11-5-10-8/h1-5H,(H,10,11). The Balaban J connectivity index is 2.14. The molecule has 1 aliphatic heterocycles. The number of ether oxygens (including phenoxy) is 2. The number of imidazole rings is 1. The quantitative estimate of drug-likeness (QED) is 0.568. The zero-order valence-corrected chi connectivity index (χ0v) is 6.65. The number of aromatic nitrogens is 2. The smallest absolute Gasteiger partial charge is 0.283 e. The van der Waals surface area contributed by atoms with Crippen molar-refractivity contribution in [1.29, 1.82) is 0 Å². The third kappa shape index (κ3) is 0.885. The van der Waals surface area contributed by atoms with Crippen LogP contribution in [0, 0.1) is 0 Å². The first-order chi connectivity index (χ1) is 6.43. The van der Waals surface area contributed by atoms with Gasteiger partial charge in [-0.25, -0.2) is 0 Å². The number of hydrogen-bond donors (Lipinski definition) is 1. The minimum atomic E-state index is 0.485. The number of aromatic amines is 1. The highest BCUT2D eigenvalue weighted by atomic mass is 16.6. The molecule has 1 N–H and O–H groups in total. The molecule has 0 bridgehead atoms. The largest absolute Gasteiger partial charge is 0.432 e. The second-order valence-electron chi connectivity index (χ2n) is 2.69. The van der Waals surface area contributed by atoms with Crippen LogP contribution in [0.4, 0.5) is 0 Å². The highest BCUT2D eigenvalue weighted by Gasteiger charge is 2.19. The Bertz CT molecular complexity index is 411. The molecule has 0 fully saturated rings. The number of rotatable bonds is 0. The number of hydrogen-bond acceptors (Lipinski definition) is 3. The normalized spacial score (nSPS) is 12.3. The molecule has 1 aromatic heterocycles. The van der Waals surface area contributed by atoms with Gasteiger partial charge in [-0.05, 0) is 12.1 Å². The molecule has 4 heteroatoms. The summed E-state index contributed by atoms with van der Waals surface area (Å²) in [6.07, 6.45) is 1.54. The maximum absolute atomic E-state index is 5.47. The van der Waals surface area contributed by atoms with E-state index in [1.165, 1.54) is 6.33 Å². The summed E-state index contributed by atoms with van der Waals surface area (Å²) in [4.78, 5) is 6.79. The lowest BCUT2D eigenvalue weighted by molar-refractivity contribution is 0.345. The second kappa shape index (κ2) is 2.26. The monoisotopic (exact) mass is 174 g/mol. The lowest BCUT2D eigenvalue weighted by Crippen LogP contribution is -1.97. The van der Waals surface area contributed by atoms with Gasteiger partial charge in [0.25, 0.3) is 11.8 Å². The van der Waals surface area contributed by atoms with Gasteiger partial charge < -0.3 is 14.5 Å². The first-order valence-corrected chi connectivity index (χ1v) is 3.91. The van der Waals surface area contributed by atoms with Crippen molar-refractivity contribution in [1.82, 2.24) is 9.97 Å². The average Bonchev–Trinajstić information content (AvgIpc) is 2.61. The Labute approximate surface area is 74.1 Å². The fourth-order valence-corrected chi connectivity index (χ4v) is 1.25. The molecule has 0 atom stereocenters. The Hall–Kier alpha value is -1.97. The molecule has 2 aromatic rings. The van der Waals surface area contributed by atoms with Crippen molar-refractivity contribution in [3.8, 4) is 23.3 Å². The van der Waals surface area contributed by atoms with Crippen molar-refractivity contribution in [3.05, 3.63) is 30.6 Å². The van der Waals surface area contributed by atoms with Gasteiger partial charge in [-0.2, -0.15) is 4.98 Å². The summed E-state index contributed by atoms with van der Waals surface area (Å²) in [6, 6.07) is 7.47.